The van der Waals surface area contributed by atoms with Crippen molar-refractivity contribution in [3.63, 3.8) is 0 Å². The van der Waals surface area contributed by atoms with Gasteiger partial charge in [-0.2, -0.15) is 0 Å². The predicted molar refractivity (Wildman–Crippen MR) is 114 cm³/mol. The molecule has 0 bridgehead atoms. The van der Waals surface area contributed by atoms with Gasteiger partial charge in [0, 0.05) is 25.6 Å². The number of hydrogen-bond acceptors (Lipinski definition) is 3. The topological polar surface area (TPSA) is 58.6 Å². The number of methoxy groups -OCH3 is 1. The Labute approximate surface area is 167 Å². The van der Waals surface area contributed by atoms with Crippen molar-refractivity contribution in [2.24, 2.45) is 0 Å². The maximum atomic E-state index is 12.5. The van der Waals surface area contributed by atoms with E-state index in [4.69, 9.17) is 4.74 Å². The number of carbonyl (C=O) groups is 2. The van der Waals surface area contributed by atoms with Gasteiger partial charge in [0.25, 0.3) is 0 Å². The Morgan fingerprint density at radius 3 is 2.39 bits per heavy atom. The zero-order chi connectivity index (χ0) is 20.9. The summed E-state index contributed by atoms with van der Waals surface area (Å²) in [5.74, 6) is 0.362. The van der Waals surface area contributed by atoms with Gasteiger partial charge in [0.2, 0.25) is 11.8 Å². The highest BCUT2D eigenvalue weighted by atomic mass is 16.5. The molecule has 2 amide bonds. The Balaban J connectivity index is 2.16. The van der Waals surface area contributed by atoms with Crippen LogP contribution in [0.3, 0.4) is 0 Å². The highest BCUT2D eigenvalue weighted by molar-refractivity contribution is 5.96. The molecular weight excluding hydrogens is 352 g/mol. The quantitative estimate of drug-likeness (QED) is 0.789. The molecule has 2 aromatic rings. The lowest BCUT2D eigenvalue weighted by molar-refractivity contribution is -0.117. The molecule has 0 aliphatic rings. The summed E-state index contributed by atoms with van der Waals surface area (Å²) in [7, 11) is 1.57. The Hall–Kier alpha value is -2.82. The van der Waals surface area contributed by atoms with Gasteiger partial charge in [-0.3, -0.25) is 9.59 Å². The zero-order valence-electron chi connectivity index (χ0n) is 17.6. The number of rotatable bonds is 6. The average molecular weight is 383 g/mol. The van der Waals surface area contributed by atoms with Crippen molar-refractivity contribution in [3.05, 3.63) is 53.6 Å². The number of nitrogens with one attached hydrogen (secondary N) is 1. The minimum Gasteiger partial charge on any atom is -0.495 e. The average Bonchev–Trinajstić information content (AvgIpc) is 2.61. The molecule has 0 aromatic heterocycles. The van der Waals surface area contributed by atoms with Crippen molar-refractivity contribution in [1.82, 2.24) is 0 Å². The fourth-order valence-electron chi connectivity index (χ4n) is 3.14. The molecule has 0 atom stereocenters. The number of amides is 2. The maximum absolute atomic E-state index is 12.5. The van der Waals surface area contributed by atoms with E-state index in [1.807, 2.05) is 49.4 Å². The summed E-state index contributed by atoms with van der Waals surface area (Å²) in [5, 5.41) is 2.89. The van der Waals surface area contributed by atoms with Crippen molar-refractivity contribution in [1.29, 1.82) is 0 Å². The van der Waals surface area contributed by atoms with E-state index in [9.17, 15) is 9.59 Å². The van der Waals surface area contributed by atoms with Crippen LogP contribution in [0.2, 0.25) is 0 Å². The van der Waals surface area contributed by atoms with Crippen LogP contribution in [-0.4, -0.2) is 25.5 Å². The molecule has 0 unspecified atom stereocenters. The molecule has 0 spiro atoms. The normalized spacial score (nSPS) is 11.1. The van der Waals surface area contributed by atoms with E-state index >= 15 is 0 Å². The zero-order valence-corrected chi connectivity index (χ0v) is 17.6. The molecule has 2 aromatic carbocycles. The SMILES string of the molecule is COc1ccc(C)cc1NC(=O)CCN(C(C)=O)c1ccccc1C(C)(C)C. The summed E-state index contributed by atoms with van der Waals surface area (Å²) in [6, 6.07) is 13.5. The summed E-state index contributed by atoms with van der Waals surface area (Å²) in [6.07, 6.45) is 0.190. The molecule has 0 saturated heterocycles. The number of carbonyl (C=O) groups excluding carboxylic acids is 2. The minimum absolute atomic E-state index is 0.0855. The van der Waals surface area contributed by atoms with Crippen molar-refractivity contribution in [2.45, 2.75) is 46.5 Å². The van der Waals surface area contributed by atoms with Crippen molar-refractivity contribution in [3.8, 4) is 5.75 Å². The molecule has 0 aliphatic heterocycles. The van der Waals surface area contributed by atoms with Gasteiger partial charge in [0.15, 0.2) is 0 Å². The summed E-state index contributed by atoms with van der Waals surface area (Å²) >= 11 is 0. The number of hydrogen-bond donors (Lipinski definition) is 1. The molecule has 150 valence electrons. The van der Waals surface area contributed by atoms with Crippen LogP contribution in [0.15, 0.2) is 42.5 Å². The molecule has 5 nitrogen and oxygen atoms in total. The van der Waals surface area contributed by atoms with Crippen LogP contribution in [0.25, 0.3) is 0 Å². The summed E-state index contributed by atoms with van der Waals surface area (Å²) in [5.41, 5.74) is 3.48. The molecular formula is C23H30N2O3. The standard InChI is InChI=1S/C23H30N2O3/c1-16-11-12-21(28-6)19(15-16)24-22(27)13-14-25(17(2)26)20-10-8-7-9-18(20)23(3,4)5/h7-12,15H,13-14H2,1-6H3,(H,24,27). The monoisotopic (exact) mass is 382 g/mol. The molecule has 0 radical (unpaired) electrons. The van der Waals surface area contributed by atoms with Crippen LogP contribution < -0.4 is 15.0 Å². The third-order valence-corrected chi connectivity index (χ3v) is 4.57. The largest absolute Gasteiger partial charge is 0.495 e. The van der Waals surface area contributed by atoms with Gasteiger partial charge in [-0.05, 0) is 41.7 Å². The lowest BCUT2D eigenvalue weighted by Crippen LogP contribution is -2.34. The number of ether oxygens (including phenoxy) is 1. The van der Waals surface area contributed by atoms with Gasteiger partial charge < -0.3 is 15.0 Å². The summed E-state index contributed by atoms with van der Waals surface area (Å²) < 4.78 is 5.31. The van der Waals surface area contributed by atoms with Crippen molar-refractivity contribution < 1.29 is 14.3 Å². The van der Waals surface area contributed by atoms with Crippen LogP contribution in [-0.2, 0) is 15.0 Å². The van der Waals surface area contributed by atoms with Crippen LogP contribution in [0.5, 0.6) is 5.75 Å². The predicted octanol–water partition coefficient (Wildman–Crippen LogP) is 4.68. The summed E-state index contributed by atoms with van der Waals surface area (Å²) in [6.45, 7) is 10.1. The van der Waals surface area contributed by atoms with Crippen molar-refractivity contribution >= 4 is 23.2 Å². The first-order chi connectivity index (χ1) is 13.1. The Morgan fingerprint density at radius 2 is 1.79 bits per heavy atom. The molecule has 1 N–H and O–H groups in total. The van der Waals surface area contributed by atoms with Crippen LogP contribution in [0.4, 0.5) is 11.4 Å². The molecule has 2 rings (SSSR count). The first kappa shape index (κ1) is 21.5. The van der Waals surface area contributed by atoms with Crippen LogP contribution in [0.1, 0.15) is 45.2 Å². The molecule has 5 heteroatoms. The van der Waals surface area contributed by atoms with Gasteiger partial charge in [0.1, 0.15) is 5.75 Å². The van der Waals surface area contributed by atoms with Crippen LogP contribution >= 0.6 is 0 Å². The van der Waals surface area contributed by atoms with E-state index in [2.05, 4.69) is 26.1 Å². The smallest absolute Gasteiger partial charge is 0.226 e. The molecule has 0 aliphatic carbocycles. The second-order valence-corrected chi connectivity index (χ2v) is 7.94. The molecule has 0 heterocycles. The second kappa shape index (κ2) is 8.91. The maximum Gasteiger partial charge on any atom is 0.226 e. The van der Waals surface area contributed by atoms with Gasteiger partial charge >= 0.3 is 0 Å². The van der Waals surface area contributed by atoms with E-state index in [0.29, 0.717) is 18.0 Å². The van der Waals surface area contributed by atoms with Gasteiger partial charge in [-0.1, -0.05) is 45.0 Å². The Bertz CT molecular complexity index is 853. The van der Waals surface area contributed by atoms with Crippen LogP contribution in [0, 0.1) is 6.92 Å². The van der Waals surface area contributed by atoms with E-state index in [1.165, 1.54) is 6.92 Å². The highest BCUT2D eigenvalue weighted by Crippen LogP contribution is 2.32. The number of aryl methyl sites for hydroxylation is 1. The minimum atomic E-state index is -0.164. The summed E-state index contributed by atoms with van der Waals surface area (Å²) in [4.78, 5) is 26.5. The first-order valence-corrected chi connectivity index (χ1v) is 9.45. The number of nitrogens with zero attached hydrogens (tertiary/aromatic N) is 1. The van der Waals surface area contributed by atoms with Gasteiger partial charge in [0.05, 0.1) is 12.8 Å². The van der Waals surface area contributed by atoms with E-state index < -0.39 is 0 Å². The number of anilines is 2. The van der Waals surface area contributed by atoms with Gasteiger partial charge in [-0.25, -0.2) is 0 Å². The third-order valence-electron chi connectivity index (χ3n) is 4.57. The Morgan fingerprint density at radius 1 is 1.11 bits per heavy atom. The van der Waals surface area contributed by atoms with E-state index in [0.717, 1.165) is 16.8 Å². The fraction of sp³-hybridized carbons (Fsp3) is 0.391. The third kappa shape index (κ3) is 5.35. The lowest BCUT2D eigenvalue weighted by Gasteiger charge is -2.29. The number of benzene rings is 2. The highest BCUT2D eigenvalue weighted by Gasteiger charge is 2.23. The molecule has 28 heavy (non-hydrogen) atoms. The molecule has 0 saturated carbocycles. The van der Waals surface area contributed by atoms with E-state index in [-0.39, 0.29) is 23.7 Å². The molecule has 0 fully saturated rings. The Kier molecular flexibility index (Phi) is 6.84. The second-order valence-electron chi connectivity index (χ2n) is 7.94. The fourth-order valence-corrected chi connectivity index (χ4v) is 3.14. The number of para-hydroxylation sites is 1. The first-order valence-electron chi connectivity index (χ1n) is 9.45. The van der Waals surface area contributed by atoms with Crippen molar-refractivity contribution in [2.75, 3.05) is 23.9 Å². The van der Waals surface area contributed by atoms with Gasteiger partial charge in [-0.15, -0.1) is 0 Å². The lowest BCUT2D eigenvalue weighted by atomic mass is 9.85. The van der Waals surface area contributed by atoms with E-state index in [1.54, 1.807) is 12.0 Å².